The molecule has 0 aromatic carbocycles. The normalized spacial score (nSPS) is 18.2. The van der Waals surface area contributed by atoms with Gasteiger partial charge in [-0.1, -0.05) is 0 Å². The second-order valence-electron chi connectivity index (χ2n) is 4.78. The summed E-state index contributed by atoms with van der Waals surface area (Å²) < 4.78 is 5.08. The summed E-state index contributed by atoms with van der Waals surface area (Å²) >= 11 is 0. The van der Waals surface area contributed by atoms with Crippen LogP contribution in [0.1, 0.15) is 32.1 Å². The molecule has 1 aromatic rings. The second-order valence-corrected chi connectivity index (χ2v) is 4.78. The quantitative estimate of drug-likeness (QED) is 0.676. The zero-order valence-electron chi connectivity index (χ0n) is 8.89. The second kappa shape index (κ2) is 2.98. The first-order valence-corrected chi connectivity index (χ1v) is 4.93. The number of aromatic amines is 1. The van der Waals surface area contributed by atoms with Crippen LogP contribution in [-0.2, 0) is 13.0 Å². The molecule has 0 bridgehead atoms. The Morgan fingerprint density at radius 3 is 2.79 bits per heavy atom. The van der Waals surface area contributed by atoms with Crippen molar-refractivity contribution in [1.29, 1.82) is 0 Å². The van der Waals surface area contributed by atoms with Gasteiger partial charge in [0.05, 0.1) is 5.56 Å². The van der Waals surface area contributed by atoms with Crippen molar-refractivity contribution in [3.63, 3.8) is 0 Å². The van der Waals surface area contributed by atoms with Gasteiger partial charge in [0.15, 0.2) is 0 Å². The Bertz CT molecular complexity index is 384. The fourth-order valence-electron chi connectivity index (χ4n) is 1.80. The van der Waals surface area contributed by atoms with Crippen molar-refractivity contribution >= 4 is 0 Å². The molecule has 0 saturated carbocycles. The van der Waals surface area contributed by atoms with Crippen molar-refractivity contribution < 1.29 is 4.52 Å². The minimum Gasteiger partial charge on any atom is -0.383 e. The molecule has 0 saturated heterocycles. The summed E-state index contributed by atoms with van der Waals surface area (Å²) in [6.07, 6.45) is 0.825. The predicted molar refractivity (Wildman–Crippen MR) is 53.2 cm³/mol. The van der Waals surface area contributed by atoms with Gasteiger partial charge >= 0.3 is 0 Å². The lowest BCUT2D eigenvalue weighted by molar-refractivity contribution is 0.115. The highest BCUT2D eigenvalue weighted by Gasteiger charge is 2.29. The van der Waals surface area contributed by atoms with Crippen LogP contribution >= 0.6 is 0 Å². The molecule has 0 fully saturated rings. The number of rotatable bonds is 0. The van der Waals surface area contributed by atoms with Crippen LogP contribution in [0, 0.1) is 0 Å². The van der Waals surface area contributed by atoms with Crippen LogP contribution in [0.15, 0.2) is 9.32 Å². The van der Waals surface area contributed by atoms with Crippen molar-refractivity contribution in [2.45, 2.75) is 39.3 Å². The summed E-state index contributed by atoms with van der Waals surface area (Å²) in [5.41, 5.74) is 0.835. The first-order valence-electron chi connectivity index (χ1n) is 4.93. The number of H-pyrrole nitrogens is 1. The fraction of sp³-hybridized carbons (Fsp3) is 0.700. The van der Waals surface area contributed by atoms with Crippen molar-refractivity contribution in [3.8, 4) is 0 Å². The lowest BCUT2D eigenvalue weighted by Gasteiger charge is -2.37. The maximum Gasteiger partial charge on any atom is 0.284 e. The summed E-state index contributed by atoms with van der Waals surface area (Å²) in [5.74, 6) is 0.829. The molecule has 0 unspecified atom stereocenters. The van der Waals surface area contributed by atoms with E-state index in [1.54, 1.807) is 0 Å². The van der Waals surface area contributed by atoms with E-state index in [1.165, 1.54) is 0 Å². The Morgan fingerprint density at radius 2 is 2.14 bits per heavy atom. The summed E-state index contributed by atoms with van der Waals surface area (Å²) in [6.45, 7) is 8.13. The van der Waals surface area contributed by atoms with Crippen LogP contribution in [0.2, 0.25) is 0 Å². The maximum atomic E-state index is 11.4. The zero-order valence-corrected chi connectivity index (χ0v) is 8.89. The van der Waals surface area contributed by atoms with Gasteiger partial charge in [0, 0.05) is 25.0 Å². The lowest BCUT2D eigenvalue weighted by Crippen LogP contribution is -2.45. The van der Waals surface area contributed by atoms with E-state index in [4.69, 9.17) is 4.52 Å². The van der Waals surface area contributed by atoms with Gasteiger partial charge in [-0.15, -0.1) is 0 Å². The number of hydrogen-bond donors (Lipinski definition) is 1. The minimum absolute atomic E-state index is 0.0750. The van der Waals surface area contributed by atoms with Gasteiger partial charge in [0.2, 0.25) is 0 Å². The van der Waals surface area contributed by atoms with Gasteiger partial charge in [0.1, 0.15) is 5.76 Å². The molecule has 0 radical (unpaired) electrons. The molecule has 2 rings (SSSR count). The number of fused-ring (bicyclic) bond motifs is 1. The Morgan fingerprint density at radius 1 is 1.43 bits per heavy atom. The molecule has 4 heteroatoms. The molecular weight excluding hydrogens is 180 g/mol. The third-order valence-corrected chi connectivity index (χ3v) is 2.78. The molecule has 0 spiro atoms. The average molecular weight is 196 g/mol. The monoisotopic (exact) mass is 196 g/mol. The van der Waals surface area contributed by atoms with E-state index in [-0.39, 0.29) is 11.1 Å². The van der Waals surface area contributed by atoms with E-state index in [0.717, 1.165) is 24.3 Å². The topological polar surface area (TPSA) is 49.2 Å². The Kier molecular flexibility index (Phi) is 2.03. The third kappa shape index (κ3) is 1.50. The smallest absolute Gasteiger partial charge is 0.284 e. The molecular formula is C10H16N2O2. The summed E-state index contributed by atoms with van der Waals surface area (Å²) in [5, 5.41) is 2.39. The standard InChI is InChI=1S/C10H16N2O2/c1-10(2,3)12-5-4-8-7(6-12)9(13)11-14-8/h4-6H2,1-3H3,(H,11,13). The van der Waals surface area contributed by atoms with Crippen LogP contribution < -0.4 is 5.56 Å². The van der Waals surface area contributed by atoms with Crippen molar-refractivity contribution in [1.82, 2.24) is 10.1 Å². The summed E-state index contributed by atoms with van der Waals surface area (Å²) in [4.78, 5) is 13.7. The Hall–Kier alpha value is -1.03. The van der Waals surface area contributed by atoms with E-state index in [2.05, 4.69) is 30.8 Å². The predicted octanol–water partition coefficient (Wildman–Crippen LogP) is 1.12. The number of hydrogen-bond acceptors (Lipinski definition) is 3. The molecule has 4 nitrogen and oxygen atoms in total. The van der Waals surface area contributed by atoms with Crippen LogP contribution in [0.5, 0.6) is 0 Å². The van der Waals surface area contributed by atoms with Crippen LogP contribution in [0.4, 0.5) is 0 Å². The highest BCUT2D eigenvalue weighted by molar-refractivity contribution is 5.17. The van der Waals surface area contributed by atoms with Gasteiger partial charge < -0.3 is 4.52 Å². The summed E-state index contributed by atoms with van der Waals surface area (Å²) in [6, 6.07) is 0. The molecule has 1 aromatic heterocycles. The van der Waals surface area contributed by atoms with Gasteiger partial charge in [-0.2, -0.15) is 5.16 Å². The SMILES string of the molecule is CC(C)(C)N1CCc2o[nH]c(=O)c2C1. The number of nitrogens with zero attached hydrogens (tertiary/aromatic N) is 1. The third-order valence-electron chi connectivity index (χ3n) is 2.78. The largest absolute Gasteiger partial charge is 0.383 e. The van der Waals surface area contributed by atoms with Crippen molar-refractivity contribution in [2.75, 3.05) is 6.54 Å². The molecule has 78 valence electrons. The zero-order chi connectivity index (χ0) is 10.3. The average Bonchev–Trinajstić information content (AvgIpc) is 2.46. The van der Waals surface area contributed by atoms with Gasteiger partial charge in [-0.3, -0.25) is 9.69 Å². The maximum absolute atomic E-state index is 11.4. The molecule has 1 aliphatic rings. The number of aromatic nitrogens is 1. The molecule has 0 aliphatic carbocycles. The molecule has 14 heavy (non-hydrogen) atoms. The highest BCUT2D eigenvalue weighted by Crippen LogP contribution is 2.22. The van der Waals surface area contributed by atoms with E-state index >= 15 is 0 Å². The lowest BCUT2D eigenvalue weighted by atomic mass is 10.0. The van der Waals surface area contributed by atoms with Crippen LogP contribution in [0.3, 0.4) is 0 Å². The van der Waals surface area contributed by atoms with Crippen LogP contribution in [0.25, 0.3) is 0 Å². The van der Waals surface area contributed by atoms with Gasteiger partial charge in [0.25, 0.3) is 5.56 Å². The van der Waals surface area contributed by atoms with Gasteiger partial charge in [-0.25, -0.2) is 0 Å². The van der Waals surface area contributed by atoms with Crippen molar-refractivity contribution in [2.24, 2.45) is 0 Å². The van der Waals surface area contributed by atoms with E-state index in [1.807, 2.05) is 0 Å². The number of nitrogens with one attached hydrogen (secondary N) is 1. The molecule has 1 N–H and O–H groups in total. The van der Waals surface area contributed by atoms with E-state index in [0.29, 0.717) is 6.54 Å². The van der Waals surface area contributed by atoms with E-state index in [9.17, 15) is 4.79 Å². The van der Waals surface area contributed by atoms with E-state index < -0.39 is 0 Å². The molecule has 0 atom stereocenters. The highest BCUT2D eigenvalue weighted by atomic mass is 16.5. The van der Waals surface area contributed by atoms with Gasteiger partial charge in [-0.05, 0) is 20.8 Å². The Labute approximate surface area is 82.9 Å². The fourth-order valence-corrected chi connectivity index (χ4v) is 1.80. The van der Waals surface area contributed by atoms with Crippen LogP contribution in [-0.4, -0.2) is 22.1 Å². The molecule has 2 heterocycles. The first-order chi connectivity index (χ1) is 6.48. The Balaban J connectivity index is 2.29. The molecule has 1 aliphatic heterocycles. The minimum atomic E-state index is -0.0750. The first kappa shape index (κ1) is 9.52. The molecule has 0 amide bonds. The summed E-state index contributed by atoms with van der Waals surface area (Å²) in [7, 11) is 0. The van der Waals surface area contributed by atoms with Crippen molar-refractivity contribution in [3.05, 3.63) is 21.7 Å².